The molecule has 2 nitrogen and oxygen atoms in total. The van der Waals surface area contributed by atoms with E-state index in [1.54, 1.807) is 18.2 Å². The molecule has 0 radical (unpaired) electrons. The van der Waals surface area contributed by atoms with Gasteiger partial charge < -0.3 is 10.1 Å². The molecular formula is C13H15F2NO. The Morgan fingerprint density at radius 1 is 1.29 bits per heavy atom. The summed E-state index contributed by atoms with van der Waals surface area (Å²) in [6, 6.07) is 6.91. The van der Waals surface area contributed by atoms with Gasteiger partial charge in [-0.05, 0) is 24.9 Å². The minimum atomic E-state index is -2.86. The summed E-state index contributed by atoms with van der Waals surface area (Å²) in [4.78, 5) is 0. The van der Waals surface area contributed by atoms with Gasteiger partial charge in [0.25, 0.3) is 5.92 Å². The summed E-state index contributed by atoms with van der Waals surface area (Å²) in [6.45, 7) is 0.440. The number of benzene rings is 1. The minimum Gasteiger partial charge on any atom is -0.365 e. The third-order valence-electron chi connectivity index (χ3n) is 3.57. The molecule has 1 saturated heterocycles. The predicted octanol–water partition coefficient (Wildman–Crippen LogP) is 2.60. The van der Waals surface area contributed by atoms with Crippen LogP contribution in [0.3, 0.4) is 0 Å². The van der Waals surface area contributed by atoms with Crippen molar-refractivity contribution in [2.45, 2.75) is 30.9 Å². The van der Waals surface area contributed by atoms with Crippen LogP contribution in [0.15, 0.2) is 24.3 Å². The summed E-state index contributed by atoms with van der Waals surface area (Å²) in [7, 11) is 0. The quantitative estimate of drug-likeness (QED) is 0.813. The average molecular weight is 239 g/mol. The highest BCUT2D eigenvalue weighted by Crippen LogP contribution is 2.42. The lowest BCUT2D eigenvalue weighted by atomic mass is 9.91. The lowest BCUT2D eigenvalue weighted by Gasteiger charge is -2.34. The maximum atomic E-state index is 13.7. The van der Waals surface area contributed by atoms with Gasteiger partial charge in [0.2, 0.25) is 0 Å². The van der Waals surface area contributed by atoms with Crippen LogP contribution in [-0.2, 0) is 10.7 Å². The van der Waals surface area contributed by atoms with Crippen molar-refractivity contribution in [1.29, 1.82) is 0 Å². The van der Waals surface area contributed by atoms with Gasteiger partial charge in [-0.25, -0.2) is 0 Å². The molecule has 1 unspecified atom stereocenters. The van der Waals surface area contributed by atoms with Gasteiger partial charge in [-0.2, -0.15) is 8.78 Å². The van der Waals surface area contributed by atoms with Crippen molar-refractivity contribution in [1.82, 2.24) is 5.32 Å². The molecule has 0 spiro atoms. The Morgan fingerprint density at radius 2 is 2.12 bits per heavy atom. The maximum Gasteiger partial charge on any atom is 0.296 e. The summed E-state index contributed by atoms with van der Waals surface area (Å²) < 4.78 is 32.8. The van der Waals surface area contributed by atoms with E-state index in [0.29, 0.717) is 5.56 Å². The van der Waals surface area contributed by atoms with Gasteiger partial charge in [0.1, 0.15) is 6.61 Å². The molecular weight excluding hydrogens is 224 g/mol. The molecule has 2 aliphatic heterocycles. The van der Waals surface area contributed by atoms with E-state index in [9.17, 15) is 8.78 Å². The first kappa shape index (κ1) is 11.1. The Kier molecular flexibility index (Phi) is 2.64. The van der Waals surface area contributed by atoms with E-state index in [0.717, 1.165) is 19.4 Å². The number of alkyl halides is 2. The fourth-order valence-electron chi connectivity index (χ4n) is 2.74. The van der Waals surface area contributed by atoms with E-state index in [4.69, 9.17) is 4.74 Å². The number of hydrogen-bond acceptors (Lipinski definition) is 2. The van der Waals surface area contributed by atoms with Crippen LogP contribution in [0.1, 0.15) is 30.1 Å². The van der Waals surface area contributed by atoms with Gasteiger partial charge >= 0.3 is 0 Å². The zero-order valence-electron chi connectivity index (χ0n) is 9.46. The van der Waals surface area contributed by atoms with E-state index in [-0.39, 0.29) is 17.7 Å². The molecule has 1 N–H and O–H groups in total. The Hall–Kier alpha value is -1.00. The number of rotatable bonds is 1. The van der Waals surface area contributed by atoms with Crippen LogP contribution in [0.2, 0.25) is 0 Å². The Morgan fingerprint density at radius 3 is 2.88 bits per heavy atom. The van der Waals surface area contributed by atoms with Crippen LogP contribution in [0.25, 0.3) is 0 Å². The molecule has 17 heavy (non-hydrogen) atoms. The Labute approximate surface area is 99.0 Å². The van der Waals surface area contributed by atoms with Gasteiger partial charge in [-0.1, -0.05) is 24.3 Å². The molecule has 2 heterocycles. The van der Waals surface area contributed by atoms with Gasteiger partial charge in [-0.15, -0.1) is 0 Å². The van der Waals surface area contributed by atoms with Crippen molar-refractivity contribution in [2.75, 3.05) is 13.2 Å². The van der Waals surface area contributed by atoms with E-state index in [1.807, 2.05) is 0 Å². The molecule has 1 fully saturated rings. The summed E-state index contributed by atoms with van der Waals surface area (Å²) in [5, 5.41) is 3.32. The molecule has 0 aromatic heterocycles. The minimum absolute atomic E-state index is 0.130. The SMILES string of the molecule is FC1(F)CO[C@@H](C2CCCN2)c2ccccc21. The van der Waals surface area contributed by atoms with E-state index in [1.165, 1.54) is 6.07 Å². The van der Waals surface area contributed by atoms with Crippen LogP contribution in [0, 0.1) is 0 Å². The molecule has 0 saturated carbocycles. The maximum absolute atomic E-state index is 13.7. The van der Waals surface area contributed by atoms with Crippen molar-refractivity contribution in [3.8, 4) is 0 Å². The number of fused-ring (bicyclic) bond motifs is 1. The first-order chi connectivity index (χ1) is 8.18. The van der Waals surface area contributed by atoms with Crippen molar-refractivity contribution >= 4 is 0 Å². The summed E-state index contributed by atoms with van der Waals surface area (Å²) in [5.74, 6) is -2.86. The predicted molar refractivity (Wildman–Crippen MR) is 60.1 cm³/mol. The summed E-state index contributed by atoms with van der Waals surface area (Å²) in [6.07, 6.45) is 1.85. The molecule has 0 amide bonds. The second-order valence-corrected chi connectivity index (χ2v) is 4.73. The van der Waals surface area contributed by atoms with Crippen molar-refractivity contribution < 1.29 is 13.5 Å². The van der Waals surface area contributed by atoms with Crippen LogP contribution in [0.5, 0.6) is 0 Å². The largest absolute Gasteiger partial charge is 0.365 e. The van der Waals surface area contributed by atoms with Gasteiger partial charge in [0, 0.05) is 11.6 Å². The first-order valence-corrected chi connectivity index (χ1v) is 6.01. The second kappa shape index (κ2) is 4.03. The zero-order valence-corrected chi connectivity index (χ0v) is 9.46. The van der Waals surface area contributed by atoms with Gasteiger partial charge in [-0.3, -0.25) is 0 Å². The topological polar surface area (TPSA) is 21.3 Å². The molecule has 1 aromatic carbocycles. The van der Waals surface area contributed by atoms with Crippen LogP contribution in [0.4, 0.5) is 8.78 Å². The lowest BCUT2D eigenvalue weighted by Crippen LogP contribution is -2.38. The number of nitrogens with one attached hydrogen (secondary N) is 1. The number of halogens is 2. The smallest absolute Gasteiger partial charge is 0.296 e. The fourth-order valence-corrected chi connectivity index (χ4v) is 2.74. The van der Waals surface area contributed by atoms with Crippen LogP contribution >= 0.6 is 0 Å². The van der Waals surface area contributed by atoms with Crippen molar-refractivity contribution in [2.24, 2.45) is 0 Å². The van der Waals surface area contributed by atoms with Crippen molar-refractivity contribution in [3.05, 3.63) is 35.4 Å². The number of ether oxygens (including phenoxy) is 1. The van der Waals surface area contributed by atoms with Crippen LogP contribution < -0.4 is 5.32 Å². The molecule has 1 aromatic rings. The molecule has 92 valence electrons. The molecule has 3 rings (SSSR count). The highest BCUT2D eigenvalue weighted by molar-refractivity contribution is 5.35. The van der Waals surface area contributed by atoms with Gasteiger partial charge in [0.05, 0.1) is 6.10 Å². The normalized spacial score (nSPS) is 31.2. The first-order valence-electron chi connectivity index (χ1n) is 6.01. The highest BCUT2D eigenvalue weighted by Gasteiger charge is 2.43. The van der Waals surface area contributed by atoms with Crippen LogP contribution in [-0.4, -0.2) is 19.2 Å². The molecule has 2 aliphatic rings. The third-order valence-corrected chi connectivity index (χ3v) is 3.57. The Bertz CT molecular complexity index is 416. The average Bonchev–Trinajstić information content (AvgIpc) is 2.83. The monoisotopic (exact) mass is 239 g/mol. The third kappa shape index (κ3) is 1.85. The molecule has 0 aliphatic carbocycles. The van der Waals surface area contributed by atoms with E-state index < -0.39 is 12.5 Å². The standard InChI is InChI=1S/C13H15F2NO/c14-13(15)8-17-12(11-6-3-7-16-11)9-4-1-2-5-10(9)13/h1-2,4-5,11-12,16H,3,6-8H2/t11?,12-/m1/s1. The fraction of sp³-hybridized carbons (Fsp3) is 0.538. The molecule has 2 atom stereocenters. The molecule has 0 bridgehead atoms. The number of hydrogen-bond donors (Lipinski definition) is 1. The zero-order chi connectivity index (χ0) is 11.9. The summed E-state index contributed by atoms with van der Waals surface area (Å²) >= 11 is 0. The summed E-state index contributed by atoms with van der Waals surface area (Å²) in [5.41, 5.74) is 0.771. The van der Waals surface area contributed by atoms with E-state index >= 15 is 0 Å². The second-order valence-electron chi connectivity index (χ2n) is 4.73. The van der Waals surface area contributed by atoms with Gasteiger partial charge in [0.15, 0.2) is 0 Å². The van der Waals surface area contributed by atoms with E-state index in [2.05, 4.69) is 5.32 Å². The highest BCUT2D eigenvalue weighted by atomic mass is 19.3. The Balaban J connectivity index is 1.99. The lowest BCUT2D eigenvalue weighted by molar-refractivity contribution is -0.130. The molecule has 4 heteroatoms. The van der Waals surface area contributed by atoms with Crippen molar-refractivity contribution in [3.63, 3.8) is 0 Å².